The van der Waals surface area contributed by atoms with Crippen LogP contribution >= 0.6 is 0 Å². The Labute approximate surface area is 212 Å². The third kappa shape index (κ3) is 7.41. The zero-order chi connectivity index (χ0) is 22.1. The molecule has 0 fully saturated rings. The van der Waals surface area contributed by atoms with Gasteiger partial charge in [-0.15, -0.1) is 0 Å². The number of aromatic nitrogens is 2. The van der Waals surface area contributed by atoms with Gasteiger partial charge in [0.1, 0.15) is 5.82 Å². The van der Waals surface area contributed by atoms with Gasteiger partial charge in [-0.25, -0.2) is 4.98 Å². The molecule has 3 aromatic rings. The molecular formula is C25H28N3NaO3. The molecule has 0 aliphatic carbocycles. The van der Waals surface area contributed by atoms with E-state index in [-0.39, 0.29) is 42.2 Å². The zero-order valence-electron chi connectivity index (χ0n) is 19.0. The summed E-state index contributed by atoms with van der Waals surface area (Å²) in [5.74, 6) is -0.366. The molecule has 0 radical (unpaired) electrons. The fraction of sp³-hybridized carbons (Fsp3) is 0.320. The Morgan fingerprint density at radius 1 is 0.969 bits per heavy atom. The van der Waals surface area contributed by atoms with E-state index in [0.29, 0.717) is 6.61 Å². The maximum absolute atomic E-state index is 10.4. The second kappa shape index (κ2) is 13.3. The molecule has 0 aliphatic heterocycles. The Morgan fingerprint density at radius 3 is 2.12 bits per heavy atom. The van der Waals surface area contributed by atoms with Crippen molar-refractivity contribution < 1.29 is 44.2 Å². The van der Waals surface area contributed by atoms with Crippen LogP contribution in [0.5, 0.6) is 0 Å². The Hall–Kier alpha value is -2.25. The molecule has 32 heavy (non-hydrogen) atoms. The number of ether oxygens (including phenoxy) is 1. The first-order valence-corrected chi connectivity index (χ1v) is 10.6. The quantitative estimate of drug-likeness (QED) is 0.320. The number of hydrogen-bond donors (Lipinski definition) is 0. The number of benzene rings is 2. The number of aliphatic carboxylic acids is 1. The van der Waals surface area contributed by atoms with Crippen LogP contribution in [-0.4, -0.2) is 41.7 Å². The van der Waals surface area contributed by atoms with Crippen LogP contribution in [0.15, 0.2) is 66.9 Å². The van der Waals surface area contributed by atoms with Crippen molar-refractivity contribution >= 4 is 11.8 Å². The molecular weight excluding hydrogens is 413 g/mol. The van der Waals surface area contributed by atoms with Crippen LogP contribution in [0.3, 0.4) is 0 Å². The van der Waals surface area contributed by atoms with E-state index >= 15 is 0 Å². The minimum atomic E-state index is -1.19. The SMILES string of the molecule is CC(C)N(CCCCOCC(=O)[O-])c1cnc(-c2ccccc2)c(-c2ccccc2)n1.[Na+]. The van der Waals surface area contributed by atoms with Gasteiger partial charge in [-0.05, 0) is 26.7 Å². The summed E-state index contributed by atoms with van der Waals surface area (Å²) in [7, 11) is 0. The number of carboxylic acid groups (broad SMARTS) is 1. The van der Waals surface area contributed by atoms with Crippen molar-refractivity contribution in [2.45, 2.75) is 32.7 Å². The largest absolute Gasteiger partial charge is 1.00 e. The van der Waals surface area contributed by atoms with Crippen LogP contribution in [0.4, 0.5) is 5.82 Å². The normalized spacial score (nSPS) is 10.6. The van der Waals surface area contributed by atoms with Crippen molar-refractivity contribution in [2.24, 2.45) is 0 Å². The van der Waals surface area contributed by atoms with Gasteiger partial charge in [-0.3, -0.25) is 4.98 Å². The second-order valence-corrected chi connectivity index (χ2v) is 7.58. The number of rotatable bonds is 11. The first-order valence-electron chi connectivity index (χ1n) is 10.6. The Bertz CT molecular complexity index is 969. The minimum absolute atomic E-state index is 0. The molecule has 0 atom stereocenters. The van der Waals surface area contributed by atoms with E-state index in [2.05, 4.69) is 30.9 Å². The first kappa shape index (κ1) is 26.0. The van der Waals surface area contributed by atoms with E-state index in [4.69, 9.17) is 14.7 Å². The van der Waals surface area contributed by atoms with Gasteiger partial charge in [-0.1, -0.05) is 60.7 Å². The zero-order valence-corrected chi connectivity index (χ0v) is 21.0. The molecule has 0 N–H and O–H groups in total. The molecule has 0 amide bonds. The molecule has 1 heterocycles. The Kier molecular flexibility index (Phi) is 10.8. The second-order valence-electron chi connectivity index (χ2n) is 7.58. The maximum Gasteiger partial charge on any atom is 1.00 e. The number of nitrogens with zero attached hydrogens (tertiary/aromatic N) is 3. The average molecular weight is 442 g/mol. The van der Waals surface area contributed by atoms with E-state index in [0.717, 1.165) is 47.7 Å². The minimum Gasteiger partial charge on any atom is -0.548 e. The molecule has 162 valence electrons. The van der Waals surface area contributed by atoms with Gasteiger partial charge in [0, 0.05) is 30.3 Å². The van der Waals surface area contributed by atoms with Crippen LogP contribution < -0.4 is 39.6 Å². The fourth-order valence-corrected chi connectivity index (χ4v) is 3.40. The number of carboxylic acids is 1. The number of unbranched alkanes of at least 4 members (excludes halogenated alkanes) is 1. The number of carbonyl (C=O) groups excluding carboxylic acids is 1. The molecule has 0 spiro atoms. The predicted molar refractivity (Wildman–Crippen MR) is 120 cm³/mol. The summed E-state index contributed by atoms with van der Waals surface area (Å²) in [4.78, 5) is 22.5. The number of carbonyl (C=O) groups is 1. The summed E-state index contributed by atoms with van der Waals surface area (Å²) >= 11 is 0. The van der Waals surface area contributed by atoms with E-state index in [1.54, 1.807) is 0 Å². The van der Waals surface area contributed by atoms with Crippen molar-refractivity contribution in [3.05, 3.63) is 66.9 Å². The van der Waals surface area contributed by atoms with Crippen LogP contribution in [0.25, 0.3) is 22.5 Å². The van der Waals surface area contributed by atoms with Crippen LogP contribution in [0.2, 0.25) is 0 Å². The molecule has 0 saturated carbocycles. The van der Waals surface area contributed by atoms with Crippen molar-refractivity contribution in [1.82, 2.24) is 9.97 Å². The van der Waals surface area contributed by atoms with Gasteiger partial charge in [0.25, 0.3) is 0 Å². The van der Waals surface area contributed by atoms with Crippen LogP contribution in [0.1, 0.15) is 26.7 Å². The molecule has 3 rings (SSSR count). The van der Waals surface area contributed by atoms with E-state index < -0.39 is 5.97 Å². The van der Waals surface area contributed by atoms with Crippen molar-refractivity contribution in [3.8, 4) is 22.5 Å². The molecule has 0 saturated heterocycles. The average Bonchev–Trinajstić information content (AvgIpc) is 2.79. The number of anilines is 1. The topological polar surface area (TPSA) is 78.4 Å². The summed E-state index contributed by atoms with van der Waals surface area (Å²) in [6.45, 7) is 5.07. The standard InChI is InChI=1S/C25H29N3O3.Na/c1-19(2)28(15-9-10-16-31-18-23(29)30)22-17-26-24(20-11-5-3-6-12-20)25(27-22)21-13-7-4-8-14-21;/h3-8,11-14,17,19H,9-10,15-16,18H2,1-2H3,(H,29,30);/q;+1/p-1. The fourth-order valence-electron chi connectivity index (χ4n) is 3.40. The molecule has 0 aliphatic rings. The molecule has 0 bridgehead atoms. The summed E-state index contributed by atoms with van der Waals surface area (Å²) < 4.78 is 5.08. The third-order valence-electron chi connectivity index (χ3n) is 4.93. The molecule has 6 nitrogen and oxygen atoms in total. The van der Waals surface area contributed by atoms with Gasteiger partial charge in [0.05, 0.1) is 30.2 Å². The van der Waals surface area contributed by atoms with E-state index in [1.807, 2.05) is 54.7 Å². The van der Waals surface area contributed by atoms with Gasteiger partial charge in [0.2, 0.25) is 0 Å². The van der Waals surface area contributed by atoms with Gasteiger partial charge >= 0.3 is 29.6 Å². The molecule has 1 aromatic heterocycles. The predicted octanol–water partition coefficient (Wildman–Crippen LogP) is 0.576. The van der Waals surface area contributed by atoms with Crippen molar-refractivity contribution in [1.29, 1.82) is 0 Å². The summed E-state index contributed by atoms with van der Waals surface area (Å²) in [6, 6.07) is 20.4. The van der Waals surface area contributed by atoms with E-state index in [9.17, 15) is 9.90 Å². The third-order valence-corrected chi connectivity index (χ3v) is 4.93. The molecule has 2 aromatic carbocycles. The van der Waals surface area contributed by atoms with Gasteiger partial charge in [0.15, 0.2) is 0 Å². The summed E-state index contributed by atoms with van der Waals surface area (Å²) in [5, 5.41) is 10.4. The number of hydrogen-bond acceptors (Lipinski definition) is 6. The van der Waals surface area contributed by atoms with Crippen LogP contribution in [0, 0.1) is 0 Å². The Morgan fingerprint density at radius 2 is 1.56 bits per heavy atom. The van der Waals surface area contributed by atoms with Crippen molar-refractivity contribution in [3.63, 3.8) is 0 Å². The Balaban J connectivity index is 0.00000363. The monoisotopic (exact) mass is 441 g/mol. The summed E-state index contributed by atoms with van der Waals surface area (Å²) in [6.07, 6.45) is 3.45. The van der Waals surface area contributed by atoms with Gasteiger partial charge < -0.3 is 19.5 Å². The van der Waals surface area contributed by atoms with Crippen molar-refractivity contribution in [2.75, 3.05) is 24.7 Å². The first-order chi connectivity index (χ1) is 15.1. The van der Waals surface area contributed by atoms with Gasteiger partial charge in [-0.2, -0.15) is 0 Å². The molecule has 0 unspecified atom stereocenters. The van der Waals surface area contributed by atoms with Crippen LogP contribution in [-0.2, 0) is 9.53 Å². The smallest absolute Gasteiger partial charge is 0.548 e. The summed E-state index contributed by atoms with van der Waals surface area (Å²) in [5.41, 5.74) is 3.76. The molecule has 7 heteroatoms. The maximum atomic E-state index is 10.4. The van der Waals surface area contributed by atoms with E-state index in [1.165, 1.54) is 0 Å².